The fourth-order valence-corrected chi connectivity index (χ4v) is 8.28. The molecular formula is C35H50F3N5O6S2. The van der Waals surface area contributed by atoms with Crippen molar-refractivity contribution in [2.75, 3.05) is 33.9 Å². The molecule has 284 valence electrons. The van der Waals surface area contributed by atoms with Crippen molar-refractivity contribution >= 4 is 46.2 Å². The van der Waals surface area contributed by atoms with Crippen molar-refractivity contribution in [2.45, 2.75) is 104 Å². The third-order valence-corrected chi connectivity index (χ3v) is 11.3. The molecule has 5 atom stereocenters. The molecule has 1 saturated carbocycles. The van der Waals surface area contributed by atoms with E-state index in [-0.39, 0.29) is 71.5 Å². The second-order valence-corrected chi connectivity index (χ2v) is 16.3. The topological polar surface area (TPSA) is 131 Å². The number of ketones is 1. The van der Waals surface area contributed by atoms with Crippen LogP contribution in [0.25, 0.3) is 0 Å². The summed E-state index contributed by atoms with van der Waals surface area (Å²) in [6.07, 6.45) is -2.62. The third kappa shape index (κ3) is 11.5. The van der Waals surface area contributed by atoms with Gasteiger partial charge in [-0.15, -0.1) is 22.7 Å². The highest BCUT2D eigenvalue weighted by Crippen LogP contribution is 2.41. The number of aromatic nitrogens is 2. The summed E-state index contributed by atoms with van der Waals surface area (Å²) in [6, 6.07) is -1.24. The molecule has 2 aromatic rings. The Bertz CT molecular complexity index is 1510. The number of hydrogen-bond acceptors (Lipinski definition) is 11. The van der Waals surface area contributed by atoms with E-state index in [1.54, 1.807) is 17.3 Å². The number of esters is 1. The molecule has 0 spiro atoms. The summed E-state index contributed by atoms with van der Waals surface area (Å²) in [4.78, 5) is 65.0. The predicted molar refractivity (Wildman–Crippen MR) is 187 cm³/mol. The zero-order valence-corrected chi connectivity index (χ0v) is 32.0. The first kappa shape index (κ1) is 40.8. The van der Waals surface area contributed by atoms with Gasteiger partial charge in [0, 0.05) is 68.5 Å². The summed E-state index contributed by atoms with van der Waals surface area (Å²) >= 11 is 2.05. The van der Waals surface area contributed by atoms with Crippen LogP contribution in [0.5, 0.6) is 0 Å². The lowest BCUT2D eigenvalue weighted by Gasteiger charge is -2.36. The van der Waals surface area contributed by atoms with Gasteiger partial charge in [0.05, 0.1) is 24.3 Å². The Morgan fingerprint density at radius 1 is 1.10 bits per heavy atom. The molecule has 1 aliphatic heterocycles. The molecule has 2 aromatic heterocycles. The highest BCUT2D eigenvalue weighted by molar-refractivity contribution is 7.10. The normalized spacial score (nSPS) is 19.4. The number of carbonyl (C=O) groups excluding carboxylic acids is 4. The fourth-order valence-electron chi connectivity index (χ4n) is 6.56. The average Bonchev–Trinajstić information content (AvgIpc) is 3.54. The SMILES string of the molecule is CC(=O)O[C@H](C[C@H](C(C)C)N(C)C(=O)[C@@H](CC(=O)[C@H]1COCCN1C)C1CC1)c1nc(C(=O)N[C@@H](Cc2nc(C(F)(F)F)cs2)CC(C)C)cs1. The molecule has 1 saturated heterocycles. The second kappa shape index (κ2) is 17.7. The zero-order chi connectivity index (χ0) is 37.6. The maximum absolute atomic E-state index is 14.1. The van der Waals surface area contributed by atoms with Crippen LogP contribution in [0, 0.1) is 23.7 Å². The number of nitrogens with one attached hydrogen (secondary N) is 1. The Balaban J connectivity index is 1.47. The molecule has 3 heterocycles. The lowest BCUT2D eigenvalue weighted by molar-refractivity contribution is -0.149. The number of hydrogen-bond donors (Lipinski definition) is 1. The van der Waals surface area contributed by atoms with Crippen molar-refractivity contribution in [3.05, 3.63) is 32.2 Å². The number of alkyl halides is 3. The third-order valence-electron chi connectivity index (χ3n) is 9.46. The number of rotatable bonds is 17. The van der Waals surface area contributed by atoms with Crippen molar-refractivity contribution in [2.24, 2.45) is 23.7 Å². The number of nitrogens with zero attached hydrogens (tertiary/aromatic N) is 4. The molecule has 0 radical (unpaired) electrons. The Morgan fingerprint density at radius 2 is 1.80 bits per heavy atom. The largest absolute Gasteiger partial charge is 0.455 e. The van der Waals surface area contributed by atoms with Gasteiger partial charge in [-0.3, -0.25) is 24.1 Å². The molecular weight excluding hydrogens is 708 g/mol. The Kier molecular flexibility index (Phi) is 14.2. The molecule has 16 heteroatoms. The number of likely N-dealkylation sites (N-methyl/N-ethyl adjacent to an activating group) is 1. The number of Topliss-reactive ketones (excluding diaryl/α,β-unsaturated/α-hetero) is 1. The standard InChI is InChI=1S/C35H50F3N5O6S2/c1-19(2)12-23(13-31-41-30(18-50-31)35(36,37)38)39-32(46)25-17-51-33(40-25)29(49-21(5)44)15-26(20(3)4)43(7)34(47)24(22-8-9-22)14-28(45)27-16-48-11-10-42(27)6/h17-20,22-24,26-27,29H,8-16H2,1-7H3,(H,39,46)/t23-,24+,26-,27-,29-/m1/s1. The van der Waals surface area contributed by atoms with Crippen LogP contribution in [-0.4, -0.2) is 95.3 Å². The minimum absolute atomic E-state index is 0.00308. The number of carbonyl (C=O) groups is 4. The predicted octanol–water partition coefficient (Wildman–Crippen LogP) is 5.80. The van der Waals surface area contributed by atoms with E-state index in [2.05, 4.69) is 15.3 Å². The van der Waals surface area contributed by atoms with Crippen molar-refractivity contribution in [1.29, 1.82) is 0 Å². The van der Waals surface area contributed by atoms with Crippen LogP contribution in [0.4, 0.5) is 13.2 Å². The summed E-state index contributed by atoms with van der Waals surface area (Å²) in [5.74, 6) is -1.40. The van der Waals surface area contributed by atoms with E-state index in [4.69, 9.17) is 9.47 Å². The van der Waals surface area contributed by atoms with Crippen LogP contribution in [-0.2, 0) is 36.5 Å². The summed E-state index contributed by atoms with van der Waals surface area (Å²) in [6.45, 7) is 10.7. The molecule has 2 amide bonds. The van der Waals surface area contributed by atoms with Crippen LogP contribution in [0.2, 0.25) is 0 Å². The van der Waals surface area contributed by atoms with Gasteiger partial charge in [0.25, 0.3) is 5.91 Å². The van der Waals surface area contributed by atoms with Gasteiger partial charge in [-0.1, -0.05) is 27.7 Å². The van der Waals surface area contributed by atoms with Crippen LogP contribution in [0.15, 0.2) is 10.8 Å². The van der Waals surface area contributed by atoms with E-state index in [0.29, 0.717) is 31.2 Å². The van der Waals surface area contributed by atoms with Crippen molar-refractivity contribution in [3.8, 4) is 0 Å². The quantitative estimate of drug-likeness (QED) is 0.199. The monoisotopic (exact) mass is 757 g/mol. The summed E-state index contributed by atoms with van der Waals surface area (Å²) < 4.78 is 50.6. The van der Waals surface area contributed by atoms with E-state index >= 15 is 0 Å². The van der Waals surface area contributed by atoms with Gasteiger partial charge in [0.1, 0.15) is 10.7 Å². The fraction of sp³-hybridized carbons (Fsp3) is 0.714. The van der Waals surface area contributed by atoms with Gasteiger partial charge in [0.2, 0.25) is 5.91 Å². The molecule has 51 heavy (non-hydrogen) atoms. The van der Waals surface area contributed by atoms with E-state index in [1.165, 1.54) is 6.92 Å². The Labute approximate surface area is 305 Å². The first-order valence-electron chi connectivity index (χ1n) is 17.5. The molecule has 0 unspecified atom stereocenters. The number of halogens is 3. The smallest absolute Gasteiger partial charge is 0.434 e. The molecule has 1 N–H and O–H groups in total. The number of ether oxygens (including phenoxy) is 2. The minimum Gasteiger partial charge on any atom is -0.455 e. The molecule has 2 aliphatic rings. The first-order valence-corrected chi connectivity index (χ1v) is 19.2. The van der Waals surface area contributed by atoms with Gasteiger partial charge < -0.3 is 19.7 Å². The van der Waals surface area contributed by atoms with Crippen molar-refractivity contribution in [3.63, 3.8) is 0 Å². The Hall–Kier alpha value is -2.95. The van der Waals surface area contributed by atoms with Crippen molar-refractivity contribution in [1.82, 2.24) is 25.1 Å². The lowest BCUT2D eigenvalue weighted by Crippen LogP contribution is -2.50. The number of amides is 2. The van der Waals surface area contributed by atoms with Gasteiger partial charge in [-0.2, -0.15) is 13.2 Å². The molecule has 0 aromatic carbocycles. The van der Waals surface area contributed by atoms with E-state index in [1.807, 2.05) is 39.6 Å². The lowest BCUT2D eigenvalue weighted by atomic mass is 9.90. The summed E-state index contributed by atoms with van der Waals surface area (Å²) in [7, 11) is 3.62. The van der Waals surface area contributed by atoms with Gasteiger partial charge in [-0.25, -0.2) is 9.97 Å². The first-order chi connectivity index (χ1) is 23.9. The van der Waals surface area contributed by atoms with Gasteiger partial charge in [-0.05, 0) is 44.1 Å². The molecule has 2 fully saturated rings. The van der Waals surface area contributed by atoms with Crippen LogP contribution in [0.3, 0.4) is 0 Å². The molecule has 0 bridgehead atoms. The molecule has 1 aliphatic carbocycles. The minimum atomic E-state index is -4.54. The van der Waals surface area contributed by atoms with Crippen LogP contribution in [0.1, 0.15) is 99.0 Å². The number of morpholine rings is 1. The average molecular weight is 758 g/mol. The van der Waals surface area contributed by atoms with Crippen molar-refractivity contribution < 1.29 is 41.8 Å². The maximum atomic E-state index is 14.1. The van der Waals surface area contributed by atoms with E-state index < -0.39 is 41.8 Å². The highest BCUT2D eigenvalue weighted by Gasteiger charge is 2.43. The summed E-state index contributed by atoms with van der Waals surface area (Å²) in [5, 5.41) is 6.08. The number of thiazole rings is 2. The van der Waals surface area contributed by atoms with E-state index in [0.717, 1.165) is 40.9 Å². The van der Waals surface area contributed by atoms with Gasteiger partial charge >= 0.3 is 12.1 Å². The van der Waals surface area contributed by atoms with Crippen LogP contribution < -0.4 is 5.32 Å². The second-order valence-electron chi connectivity index (χ2n) is 14.5. The maximum Gasteiger partial charge on any atom is 0.434 e. The zero-order valence-electron chi connectivity index (χ0n) is 30.3. The molecule has 11 nitrogen and oxygen atoms in total. The summed E-state index contributed by atoms with van der Waals surface area (Å²) in [5.41, 5.74) is -0.866. The molecule has 4 rings (SSSR count). The van der Waals surface area contributed by atoms with Crippen LogP contribution >= 0.6 is 22.7 Å². The highest BCUT2D eigenvalue weighted by atomic mass is 32.1. The van der Waals surface area contributed by atoms with E-state index in [9.17, 15) is 32.3 Å². The Morgan fingerprint density at radius 3 is 2.37 bits per heavy atom. The van der Waals surface area contributed by atoms with Gasteiger partial charge in [0.15, 0.2) is 17.6 Å².